The van der Waals surface area contributed by atoms with E-state index in [1.807, 2.05) is 20.8 Å². The number of anilines is 1. The lowest BCUT2D eigenvalue weighted by Crippen LogP contribution is -2.18. The third-order valence-electron chi connectivity index (χ3n) is 3.35. The van der Waals surface area contributed by atoms with Crippen LogP contribution < -0.4 is 5.32 Å². The molecule has 1 atom stereocenters. The summed E-state index contributed by atoms with van der Waals surface area (Å²) in [6.07, 6.45) is 2.55. The van der Waals surface area contributed by atoms with E-state index in [0.29, 0.717) is 23.6 Å². The van der Waals surface area contributed by atoms with Crippen molar-refractivity contribution >= 4 is 28.2 Å². The van der Waals surface area contributed by atoms with E-state index in [-0.39, 0.29) is 5.41 Å². The molecule has 9 heteroatoms. The fourth-order valence-electron chi connectivity index (χ4n) is 2.09. The molecule has 0 bridgehead atoms. The van der Waals surface area contributed by atoms with Crippen molar-refractivity contribution in [3.8, 4) is 0 Å². The van der Waals surface area contributed by atoms with Gasteiger partial charge in [-0.3, -0.25) is 0 Å². The van der Waals surface area contributed by atoms with Gasteiger partial charge in [-0.2, -0.15) is 4.98 Å². The van der Waals surface area contributed by atoms with Crippen LogP contribution in [0.2, 0.25) is 0 Å². The Bertz CT molecular complexity index is 631. The Hall–Kier alpha value is -1.19. The molecule has 1 saturated heterocycles. The Morgan fingerprint density at radius 1 is 1.35 bits per heavy atom. The summed E-state index contributed by atoms with van der Waals surface area (Å²) in [7, 11) is 0. The molecule has 0 aromatic carbocycles. The van der Waals surface area contributed by atoms with Gasteiger partial charge in [0, 0.05) is 18.6 Å². The van der Waals surface area contributed by atoms with Gasteiger partial charge in [0.15, 0.2) is 10.2 Å². The van der Waals surface area contributed by atoms with Crippen LogP contribution in [0.15, 0.2) is 8.86 Å². The lowest BCUT2D eigenvalue weighted by molar-refractivity contribution is 0.120. The summed E-state index contributed by atoms with van der Waals surface area (Å²) in [5.74, 6) is 1.97. The maximum absolute atomic E-state index is 5.58. The zero-order valence-electron chi connectivity index (χ0n) is 13.5. The first-order valence-electron chi connectivity index (χ1n) is 7.65. The van der Waals surface area contributed by atoms with E-state index in [1.54, 1.807) is 11.8 Å². The molecule has 23 heavy (non-hydrogen) atoms. The molecular weight excluding hydrogens is 334 g/mol. The van der Waals surface area contributed by atoms with Gasteiger partial charge in [-0.05, 0) is 12.8 Å². The lowest BCUT2D eigenvalue weighted by atomic mass is 9.97. The maximum atomic E-state index is 5.58. The van der Waals surface area contributed by atoms with Gasteiger partial charge in [-0.25, -0.2) is 0 Å². The monoisotopic (exact) mass is 355 g/mol. The number of hydrogen-bond donors (Lipinski definition) is 1. The smallest absolute Gasteiger partial charge is 0.232 e. The van der Waals surface area contributed by atoms with Gasteiger partial charge < -0.3 is 14.6 Å². The predicted octanol–water partition coefficient (Wildman–Crippen LogP) is 3.10. The van der Waals surface area contributed by atoms with Crippen molar-refractivity contribution in [1.82, 2.24) is 20.3 Å². The average molecular weight is 355 g/mol. The summed E-state index contributed by atoms with van der Waals surface area (Å²) in [5, 5.41) is 16.4. The summed E-state index contributed by atoms with van der Waals surface area (Å²) >= 11 is 3.10. The number of ether oxygens (including phenoxy) is 1. The zero-order valence-corrected chi connectivity index (χ0v) is 15.2. The predicted molar refractivity (Wildman–Crippen MR) is 89.9 cm³/mol. The van der Waals surface area contributed by atoms with Crippen LogP contribution in [0.25, 0.3) is 0 Å². The molecule has 126 valence electrons. The fourth-order valence-corrected chi connectivity index (χ4v) is 3.69. The van der Waals surface area contributed by atoms with Crippen LogP contribution in [0.3, 0.4) is 0 Å². The Labute approximate surface area is 143 Å². The molecule has 0 amide bonds. The first-order valence-corrected chi connectivity index (χ1v) is 9.46. The zero-order chi connectivity index (χ0) is 16.3. The molecule has 1 aliphatic heterocycles. The summed E-state index contributed by atoms with van der Waals surface area (Å²) in [5.41, 5.74) is -0.127. The van der Waals surface area contributed by atoms with Gasteiger partial charge in [0.1, 0.15) is 0 Å². The summed E-state index contributed by atoms with van der Waals surface area (Å²) in [4.78, 5) is 4.42. The van der Waals surface area contributed by atoms with Crippen molar-refractivity contribution in [3.05, 3.63) is 11.7 Å². The number of rotatable bonds is 6. The molecule has 1 aliphatic rings. The number of nitrogens with one attached hydrogen (secondary N) is 1. The van der Waals surface area contributed by atoms with Crippen molar-refractivity contribution in [2.45, 2.75) is 55.2 Å². The van der Waals surface area contributed by atoms with Gasteiger partial charge in [-0.15, -0.1) is 10.2 Å². The van der Waals surface area contributed by atoms with Crippen LogP contribution in [0.5, 0.6) is 0 Å². The molecule has 0 spiro atoms. The van der Waals surface area contributed by atoms with E-state index in [2.05, 4.69) is 25.7 Å². The van der Waals surface area contributed by atoms with E-state index in [1.165, 1.54) is 11.3 Å². The van der Waals surface area contributed by atoms with E-state index >= 15 is 0 Å². The molecule has 2 aromatic heterocycles. The van der Waals surface area contributed by atoms with Crippen molar-refractivity contribution in [1.29, 1.82) is 0 Å². The Morgan fingerprint density at radius 3 is 2.91 bits per heavy atom. The van der Waals surface area contributed by atoms with Gasteiger partial charge in [0.2, 0.25) is 11.0 Å². The third kappa shape index (κ3) is 4.65. The van der Waals surface area contributed by atoms with Crippen molar-refractivity contribution in [2.75, 3.05) is 18.5 Å². The Balaban J connectivity index is 1.48. The SMILES string of the molecule is CC(C)(C)c1nc(CSc2nnc(NC[C@@H]3CCCO3)s2)no1. The first-order chi connectivity index (χ1) is 11.0. The minimum atomic E-state index is -0.127. The molecule has 7 nitrogen and oxygen atoms in total. The number of thioether (sulfide) groups is 1. The Kier molecular flexibility index (Phi) is 5.17. The normalized spacial score (nSPS) is 18.5. The van der Waals surface area contributed by atoms with Gasteiger partial charge >= 0.3 is 0 Å². The highest BCUT2D eigenvalue weighted by molar-refractivity contribution is 8.00. The highest BCUT2D eigenvalue weighted by atomic mass is 32.2. The fraction of sp³-hybridized carbons (Fsp3) is 0.714. The van der Waals surface area contributed by atoms with Crippen molar-refractivity contribution in [2.24, 2.45) is 0 Å². The summed E-state index contributed by atoms with van der Waals surface area (Å²) in [6.45, 7) is 7.81. The van der Waals surface area contributed by atoms with Crippen LogP contribution in [0.1, 0.15) is 45.3 Å². The van der Waals surface area contributed by atoms with Crippen LogP contribution in [-0.2, 0) is 15.9 Å². The summed E-state index contributed by atoms with van der Waals surface area (Å²) in [6, 6.07) is 0. The largest absolute Gasteiger partial charge is 0.376 e. The molecule has 1 fully saturated rings. The van der Waals surface area contributed by atoms with E-state index in [0.717, 1.165) is 35.5 Å². The Morgan fingerprint density at radius 2 is 2.22 bits per heavy atom. The van der Waals surface area contributed by atoms with Crippen LogP contribution in [-0.4, -0.2) is 39.6 Å². The van der Waals surface area contributed by atoms with E-state index in [4.69, 9.17) is 9.26 Å². The van der Waals surface area contributed by atoms with Crippen molar-refractivity contribution in [3.63, 3.8) is 0 Å². The molecule has 0 radical (unpaired) electrons. The summed E-state index contributed by atoms with van der Waals surface area (Å²) < 4.78 is 11.8. The van der Waals surface area contributed by atoms with Gasteiger partial charge in [0.05, 0.1) is 11.9 Å². The van der Waals surface area contributed by atoms with Crippen molar-refractivity contribution < 1.29 is 9.26 Å². The second-order valence-electron chi connectivity index (χ2n) is 6.44. The average Bonchev–Trinajstić information content (AvgIpc) is 3.23. The van der Waals surface area contributed by atoms with E-state index in [9.17, 15) is 0 Å². The molecule has 3 rings (SSSR count). The van der Waals surface area contributed by atoms with Crippen LogP contribution in [0, 0.1) is 0 Å². The number of nitrogens with zero attached hydrogens (tertiary/aromatic N) is 4. The molecule has 0 saturated carbocycles. The highest BCUT2D eigenvalue weighted by Crippen LogP contribution is 2.28. The second kappa shape index (κ2) is 7.14. The van der Waals surface area contributed by atoms with E-state index < -0.39 is 0 Å². The molecule has 2 aromatic rings. The molecule has 0 unspecified atom stereocenters. The van der Waals surface area contributed by atoms with Gasteiger partial charge in [0.25, 0.3) is 0 Å². The van der Waals surface area contributed by atoms with Crippen LogP contribution >= 0.6 is 23.1 Å². The number of hydrogen-bond acceptors (Lipinski definition) is 9. The highest BCUT2D eigenvalue weighted by Gasteiger charge is 2.22. The number of aromatic nitrogens is 4. The third-order valence-corrected chi connectivity index (χ3v) is 5.36. The molecular formula is C14H21N5O2S2. The molecule has 3 heterocycles. The molecule has 0 aliphatic carbocycles. The molecule has 1 N–H and O–H groups in total. The minimum absolute atomic E-state index is 0.127. The lowest BCUT2D eigenvalue weighted by Gasteiger charge is -2.10. The van der Waals surface area contributed by atoms with Crippen LogP contribution in [0.4, 0.5) is 5.13 Å². The standard InChI is InChI=1S/C14H21N5O2S2/c1-14(2,3)11-16-10(19-21-11)8-22-13-18-17-12(23-13)15-7-9-5-4-6-20-9/h9H,4-8H2,1-3H3,(H,15,17)/t9-/m0/s1. The topological polar surface area (TPSA) is 86.0 Å². The first kappa shape index (κ1) is 16.7. The quantitative estimate of drug-likeness (QED) is 0.791. The van der Waals surface area contributed by atoms with Gasteiger partial charge in [-0.1, -0.05) is 49.0 Å². The second-order valence-corrected chi connectivity index (χ2v) is 8.64. The maximum Gasteiger partial charge on any atom is 0.232 e. The minimum Gasteiger partial charge on any atom is -0.376 e.